The lowest BCUT2D eigenvalue weighted by molar-refractivity contribution is 0.101. The van der Waals surface area contributed by atoms with Crippen LogP contribution in [0.15, 0.2) is 12.1 Å². The van der Waals surface area contributed by atoms with Crippen LogP contribution in [0, 0.1) is 5.92 Å². The molecule has 0 aromatic heterocycles. The van der Waals surface area contributed by atoms with Crippen molar-refractivity contribution >= 4 is 23.2 Å². The van der Waals surface area contributed by atoms with E-state index in [1.54, 1.807) is 6.07 Å². The Balaban J connectivity index is 1.96. The predicted molar refractivity (Wildman–Crippen MR) is 91.9 cm³/mol. The van der Waals surface area contributed by atoms with Gasteiger partial charge < -0.3 is 10.4 Å². The molecule has 0 radical (unpaired) electrons. The summed E-state index contributed by atoms with van der Waals surface area (Å²) in [4.78, 5) is 2.49. The van der Waals surface area contributed by atoms with Gasteiger partial charge in [0.25, 0.3) is 0 Å². The number of aromatic hydroxyl groups is 1. The third-order valence-electron chi connectivity index (χ3n) is 5.02. The minimum absolute atomic E-state index is 0.208. The van der Waals surface area contributed by atoms with Gasteiger partial charge in [0, 0.05) is 42.8 Å². The summed E-state index contributed by atoms with van der Waals surface area (Å²) in [7, 11) is 0. The summed E-state index contributed by atoms with van der Waals surface area (Å²) >= 11 is 12.4. The molecule has 5 heteroatoms. The van der Waals surface area contributed by atoms with E-state index < -0.39 is 0 Å². The second-order valence-corrected chi connectivity index (χ2v) is 7.30. The third-order valence-corrected chi connectivity index (χ3v) is 5.52. The van der Waals surface area contributed by atoms with Gasteiger partial charge in [0.15, 0.2) is 0 Å². The summed E-state index contributed by atoms with van der Waals surface area (Å²) in [6, 6.07) is 3.75. The van der Waals surface area contributed by atoms with Crippen molar-refractivity contribution in [2.45, 2.75) is 38.1 Å². The number of nitrogens with one attached hydrogen (secondary N) is 1. The average Bonchev–Trinajstić information content (AvgIpc) is 2.54. The van der Waals surface area contributed by atoms with Crippen LogP contribution in [0.25, 0.3) is 0 Å². The molecule has 0 spiro atoms. The molecule has 1 atom stereocenters. The molecule has 22 heavy (non-hydrogen) atoms. The van der Waals surface area contributed by atoms with E-state index >= 15 is 0 Å². The second-order valence-electron chi connectivity index (χ2n) is 6.45. The van der Waals surface area contributed by atoms with Crippen LogP contribution >= 0.6 is 23.2 Å². The van der Waals surface area contributed by atoms with Gasteiger partial charge in [-0.1, -0.05) is 42.5 Å². The number of halogens is 2. The summed E-state index contributed by atoms with van der Waals surface area (Å²) < 4.78 is 0. The molecule has 1 aromatic rings. The van der Waals surface area contributed by atoms with Gasteiger partial charge in [0.1, 0.15) is 5.75 Å². The first-order valence-electron chi connectivity index (χ1n) is 8.29. The minimum atomic E-state index is 0.208. The van der Waals surface area contributed by atoms with Crippen molar-refractivity contribution in [1.29, 1.82) is 0 Å². The summed E-state index contributed by atoms with van der Waals surface area (Å²) in [5.41, 5.74) is 0.909. The van der Waals surface area contributed by atoms with Crippen molar-refractivity contribution in [2.24, 2.45) is 5.92 Å². The first kappa shape index (κ1) is 16.4. The smallest absolute Gasteiger partial charge is 0.139 e. The van der Waals surface area contributed by atoms with Crippen LogP contribution in [0.5, 0.6) is 5.75 Å². The molecular formula is C17H24Cl2N2O. The van der Waals surface area contributed by atoms with Crippen molar-refractivity contribution in [2.75, 3.05) is 26.2 Å². The van der Waals surface area contributed by atoms with E-state index in [-0.39, 0.29) is 11.8 Å². The van der Waals surface area contributed by atoms with Crippen LogP contribution in [0.3, 0.4) is 0 Å². The molecule has 122 valence electrons. The van der Waals surface area contributed by atoms with E-state index in [2.05, 4.69) is 10.2 Å². The van der Waals surface area contributed by atoms with E-state index in [4.69, 9.17) is 23.2 Å². The Morgan fingerprint density at radius 2 is 1.77 bits per heavy atom. The molecular weight excluding hydrogens is 319 g/mol. The number of hydrogen-bond acceptors (Lipinski definition) is 3. The Bertz CT molecular complexity index is 494. The lowest BCUT2D eigenvalue weighted by Crippen LogP contribution is -2.47. The largest absolute Gasteiger partial charge is 0.506 e. The normalized spacial score (nSPS) is 22.6. The number of rotatable bonds is 3. The summed E-state index contributed by atoms with van der Waals surface area (Å²) in [5, 5.41) is 14.9. The monoisotopic (exact) mass is 342 g/mol. The molecule has 2 fully saturated rings. The zero-order valence-corrected chi connectivity index (χ0v) is 14.3. The van der Waals surface area contributed by atoms with Gasteiger partial charge >= 0.3 is 0 Å². The van der Waals surface area contributed by atoms with Crippen molar-refractivity contribution in [3.05, 3.63) is 27.7 Å². The van der Waals surface area contributed by atoms with Gasteiger partial charge in [0.05, 0.1) is 5.02 Å². The molecule has 0 unspecified atom stereocenters. The standard InChI is InChI=1S/C17H24Cl2N2O/c18-13-10-14(17(22)15(19)11-13)16(12-4-2-1-3-5-12)21-8-6-20-7-9-21/h10-12,16,20,22H,1-9H2/t16-/m0/s1. The highest BCUT2D eigenvalue weighted by atomic mass is 35.5. The zero-order chi connectivity index (χ0) is 15.5. The van der Waals surface area contributed by atoms with Gasteiger partial charge in [-0.25, -0.2) is 0 Å². The number of hydrogen-bond donors (Lipinski definition) is 2. The maximum Gasteiger partial charge on any atom is 0.139 e. The quantitative estimate of drug-likeness (QED) is 0.862. The summed E-state index contributed by atoms with van der Waals surface area (Å²) in [5.74, 6) is 0.785. The molecule has 2 aliphatic rings. The van der Waals surface area contributed by atoms with Crippen LogP contribution in [0.2, 0.25) is 10.0 Å². The predicted octanol–water partition coefficient (Wildman–Crippen LogP) is 4.23. The highest BCUT2D eigenvalue weighted by Crippen LogP contribution is 2.44. The van der Waals surface area contributed by atoms with Crippen LogP contribution in [-0.2, 0) is 0 Å². The maximum atomic E-state index is 10.5. The Morgan fingerprint density at radius 3 is 2.45 bits per heavy atom. The topological polar surface area (TPSA) is 35.5 Å². The first-order valence-corrected chi connectivity index (χ1v) is 9.05. The van der Waals surface area contributed by atoms with Crippen molar-refractivity contribution in [3.8, 4) is 5.75 Å². The number of phenolic OH excluding ortho intramolecular Hbond substituents is 1. The summed E-state index contributed by atoms with van der Waals surface area (Å²) in [6.45, 7) is 4.01. The fourth-order valence-electron chi connectivity index (χ4n) is 3.97. The maximum absolute atomic E-state index is 10.5. The molecule has 2 N–H and O–H groups in total. The molecule has 3 nitrogen and oxygen atoms in total. The number of nitrogens with zero attached hydrogens (tertiary/aromatic N) is 1. The van der Waals surface area contributed by atoms with Crippen LogP contribution in [0.1, 0.15) is 43.7 Å². The lowest BCUT2D eigenvalue weighted by Gasteiger charge is -2.41. The molecule has 3 rings (SSSR count). The van der Waals surface area contributed by atoms with Gasteiger partial charge in [-0.2, -0.15) is 0 Å². The van der Waals surface area contributed by atoms with E-state index in [1.807, 2.05) is 6.07 Å². The van der Waals surface area contributed by atoms with Crippen LogP contribution in [0.4, 0.5) is 0 Å². The highest BCUT2D eigenvalue weighted by molar-refractivity contribution is 6.35. The van der Waals surface area contributed by atoms with Gasteiger partial charge in [0.2, 0.25) is 0 Å². The van der Waals surface area contributed by atoms with E-state index in [1.165, 1.54) is 32.1 Å². The number of benzene rings is 1. The minimum Gasteiger partial charge on any atom is -0.506 e. The number of phenols is 1. The van der Waals surface area contributed by atoms with Crippen molar-refractivity contribution < 1.29 is 5.11 Å². The Kier molecular flexibility index (Phi) is 5.50. The average molecular weight is 343 g/mol. The molecule has 1 heterocycles. The van der Waals surface area contributed by atoms with E-state index in [0.717, 1.165) is 31.7 Å². The lowest BCUT2D eigenvalue weighted by atomic mass is 9.80. The Labute approximate surface area is 142 Å². The van der Waals surface area contributed by atoms with E-state index in [9.17, 15) is 5.11 Å². The van der Waals surface area contributed by atoms with Crippen LogP contribution < -0.4 is 5.32 Å². The molecule has 1 saturated carbocycles. The van der Waals surface area contributed by atoms with E-state index in [0.29, 0.717) is 16.0 Å². The van der Waals surface area contributed by atoms with Gasteiger partial charge in [-0.15, -0.1) is 0 Å². The fourth-order valence-corrected chi connectivity index (χ4v) is 4.48. The Hall–Kier alpha value is -0.480. The molecule has 1 aromatic carbocycles. The first-order chi connectivity index (χ1) is 10.7. The van der Waals surface area contributed by atoms with Crippen LogP contribution in [-0.4, -0.2) is 36.2 Å². The zero-order valence-electron chi connectivity index (χ0n) is 12.8. The molecule has 1 aliphatic heterocycles. The Morgan fingerprint density at radius 1 is 1.09 bits per heavy atom. The molecule has 1 saturated heterocycles. The van der Waals surface area contributed by atoms with Crippen molar-refractivity contribution in [1.82, 2.24) is 10.2 Å². The molecule has 0 amide bonds. The molecule has 1 aliphatic carbocycles. The second kappa shape index (κ2) is 7.39. The summed E-state index contributed by atoms with van der Waals surface area (Å²) in [6.07, 6.45) is 6.33. The van der Waals surface area contributed by atoms with Gasteiger partial charge in [-0.05, 0) is 30.9 Å². The number of piperazine rings is 1. The SMILES string of the molecule is Oc1c(Cl)cc(Cl)cc1[C@H](C1CCCCC1)N1CCNCC1. The highest BCUT2D eigenvalue weighted by Gasteiger charge is 2.33. The van der Waals surface area contributed by atoms with Gasteiger partial charge in [-0.3, -0.25) is 4.90 Å². The van der Waals surface area contributed by atoms with Crippen molar-refractivity contribution in [3.63, 3.8) is 0 Å². The fraction of sp³-hybridized carbons (Fsp3) is 0.647. The molecule has 0 bridgehead atoms. The third kappa shape index (κ3) is 3.53.